The quantitative estimate of drug-likeness (QED) is 0.868. The van der Waals surface area contributed by atoms with Gasteiger partial charge in [-0.3, -0.25) is 0 Å². The van der Waals surface area contributed by atoms with Crippen molar-refractivity contribution in [2.24, 2.45) is 0 Å². The molecule has 0 heterocycles. The van der Waals surface area contributed by atoms with E-state index in [1.165, 1.54) is 6.08 Å². The first-order valence-corrected chi connectivity index (χ1v) is 7.56. The maximum atomic E-state index is 12.1. The van der Waals surface area contributed by atoms with E-state index in [2.05, 4.69) is 0 Å². The Hall–Kier alpha value is -2.38. The molecule has 0 radical (unpaired) electrons. The van der Waals surface area contributed by atoms with Crippen molar-refractivity contribution in [3.63, 3.8) is 0 Å². The number of nitriles is 1. The van der Waals surface area contributed by atoms with Crippen molar-refractivity contribution in [2.45, 2.75) is 11.8 Å². The SMILES string of the molecule is Cc1ccc(S(=O)(=O)/C=C/c2cccc(C#N)c2)cc1. The predicted molar refractivity (Wildman–Crippen MR) is 78.6 cm³/mol. The van der Waals surface area contributed by atoms with E-state index in [9.17, 15) is 8.42 Å². The van der Waals surface area contributed by atoms with Gasteiger partial charge in [0.2, 0.25) is 0 Å². The summed E-state index contributed by atoms with van der Waals surface area (Å²) in [5.74, 6) is 0. The summed E-state index contributed by atoms with van der Waals surface area (Å²) in [4.78, 5) is 0.260. The Morgan fingerprint density at radius 1 is 1.10 bits per heavy atom. The standard InChI is InChI=1S/C16H13NO2S/c1-13-5-7-16(8-6-13)20(18,19)10-9-14-3-2-4-15(11-14)12-17/h2-11H,1H3/b10-9+. The van der Waals surface area contributed by atoms with Crippen molar-refractivity contribution < 1.29 is 8.42 Å². The fraction of sp³-hybridized carbons (Fsp3) is 0.0625. The van der Waals surface area contributed by atoms with E-state index in [1.807, 2.05) is 13.0 Å². The summed E-state index contributed by atoms with van der Waals surface area (Å²) in [7, 11) is -3.46. The van der Waals surface area contributed by atoms with E-state index < -0.39 is 9.84 Å². The molecule has 2 aromatic carbocycles. The second kappa shape index (κ2) is 5.72. The van der Waals surface area contributed by atoms with Gasteiger partial charge in [-0.05, 0) is 42.8 Å². The minimum Gasteiger partial charge on any atom is -0.219 e. The number of hydrogen-bond acceptors (Lipinski definition) is 3. The lowest BCUT2D eigenvalue weighted by molar-refractivity contribution is 0.605. The summed E-state index contributed by atoms with van der Waals surface area (Å²) in [6.45, 7) is 1.90. The molecule has 100 valence electrons. The average molecular weight is 283 g/mol. The zero-order valence-electron chi connectivity index (χ0n) is 10.9. The first-order chi connectivity index (χ1) is 9.51. The first kappa shape index (κ1) is 14.0. The van der Waals surface area contributed by atoms with Crippen LogP contribution in [0.1, 0.15) is 16.7 Å². The molecule has 0 bridgehead atoms. The van der Waals surface area contributed by atoms with Crippen molar-refractivity contribution in [3.05, 3.63) is 70.6 Å². The summed E-state index contributed by atoms with van der Waals surface area (Å²) in [5, 5.41) is 9.96. The van der Waals surface area contributed by atoms with Crippen molar-refractivity contribution in [3.8, 4) is 6.07 Å². The zero-order valence-corrected chi connectivity index (χ0v) is 11.8. The van der Waals surface area contributed by atoms with Gasteiger partial charge in [0.05, 0.1) is 16.5 Å². The summed E-state index contributed by atoms with van der Waals surface area (Å²) in [6, 6.07) is 15.5. The maximum Gasteiger partial charge on any atom is 0.199 e. The minimum absolute atomic E-state index is 0.260. The van der Waals surface area contributed by atoms with Crippen LogP contribution in [0.15, 0.2) is 58.8 Å². The second-order valence-electron chi connectivity index (χ2n) is 4.40. The van der Waals surface area contributed by atoms with Crippen LogP contribution in [0.3, 0.4) is 0 Å². The molecule has 0 N–H and O–H groups in total. The Balaban J connectivity index is 2.30. The molecule has 0 aliphatic carbocycles. The van der Waals surface area contributed by atoms with Gasteiger partial charge >= 0.3 is 0 Å². The van der Waals surface area contributed by atoms with Crippen LogP contribution in [0.5, 0.6) is 0 Å². The average Bonchev–Trinajstić information content (AvgIpc) is 2.46. The molecule has 0 aliphatic heterocycles. The number of rotatable bonds is 3. The molecule has 0 atom stereocenters. The lowest BCUT2D eigenvalue weighted by Crippen LogP contribution is -1.95. The monoisotopic (exact) mass is 283 g/mol. The van der Waals surface area contributed by atoms with Crippen molar-refractivity contribution in [1.82, 2.24) is 0 Å². The van der Waals surface area contributed by atoms with Crippen LogP contribution in [0.25, 0.3) is 6.08 Å². The Morgan fingerprint density at radius 3 is 2.45 bits per heavy atom. The Labute approximate surface area is 118 Å². The molecule has 0 saturated heterocycles. The Kier molecular flexibility index (Phi) is 4.02. The van der Waals surface area contributed by atoms with Crippen LogP contribution in [-0.2, 0) is 9.84 Å². The van der Waals surface area contributed by atoms with Gasteiger partial charge in [0.15, 0.2) is 9.84 Å². The van der Waals surface area contributed by atoms with E-state index in [0.717, 1.165) is 11.0 Å². The highest BCUT2D eigenvalue weighted by molar-refractivity contribution is 7.94. The molecule has 2 aromatic rings. The van der Waals surface area contributed by atoms with Crippen LogP contribution >= 0.6 is 0 Å². The van der Waals surface area contributed by atoms with E-state index in [4.69, 9.17) is 5.26 Å². The molecule has 0 aromatic heterocycles. The summed E-state index contributed by atoms with van der Waals surface area (Å²) < 4.78 is 24.2. The zero-order chi connectivity index (χ0) is 14.6. The summed E-state index contributed by atoms with van der Waals surface area (Å²) >= 11 is 0. The van der Waals surface area contributed by atoms with Gasteiger partial charge in [-0.25, -0.2) is 8.42 Å². The van der Waals surface area contributed by atoms with Gasteiger partial charge in [-0.1, -0.05) is 29.8 Å². The fourth-order valence-corrected chi connectivity index (χ4v) is 2.70. The highest BCUT2D eigenvalue weighted by Crippen LogP contribution is 2.15. The molecule has 0 spiro atoms. The van der Waals surface area contributed by atoms with E-state index in [0.29, 0.717) is 11.1 Å². The van der Waals surface area contributed by atoms with E-state index in [1.54, 1.807) is 48.5 Å². The summed E-state index contributed by atoms with van der Waals surface area (Å²) in [5.41, 5.74) is 2.19. The normalized spacial score (nSPS) is 11.4. The van der Waals surface area contributed by atoms with Crippen LogP contribution < -0.4 is 0 Å². The highest BCUT2D eigenvalue weighted by Gasteiger charge is 2.09. The van der Waals surface area contributed by atoms with Crippen molar-refractivity contribution >= 4 is 15.9 Å². The molecule has 0 fully saturated rings. The predicted octanol–water partition coefficient (Wildman–Crippen LogP) is 3.31. The Morgan fingerprint density at radius 2 is 1.80 bits per heavy atom. The largest absolute Gasteiger partial charge is 0.219 e. The summed E-state index contributed by atoms with van der Waals surface area (Å²) in [6.07, 6.45) is 1.50. The third-order valence-corrected chi connectivity index (χ3v) is 4.23. The van der Waals surface area contributed by atoms with Crippen molar-refractivity contribution in [2.75, 3.05) is 0 Å². The molecule has 0 saturated carbocycles. The van der Waals surface area contributed by atoms with Crippen molar-refractivity contribution in [1.29, 1.82) is 5.26 Å². The fourth-order valence-electron chi connectivity index (χ4n) is 1.69. The maximum absolute atomic E-state index is 12.1. The molecule has 2 rings (SSSR count). The molecule has 0 amide bonds. The van der Waals surface area contributed by atoms with Crippen LogP contribution in [0.4, 0.5) is 0 Å². The molecular weight excluding hydrogens is 270 g/mol. The van der Waals surface area contributed by atoms with Crippen LogP contribution in [0.2, 0.25) is 0 Å². The molecule has 20 heavy (non-hydrogen) atoms. The molecule has 3 nitrogen and oxygen atoms in total. The van der Waals surface area contributed by atoms with Crippen LogP contribution in [0, 0.1) is 18.3 Å². The minimum atomic E-state index is -3.46. The number of nitrogens with zero attached hydrogens (tertiary/aromatic N) is 1. The topological polar surface area (TPSA) is 57.9 Å². The van der Waals surface area contributed by atoms with Gasteiger partial charge < -0.3 is 0 Å². The molecule has 0 aliphatic rings. The highest BCUT2D eigenvalue weighted by atomic mass is 32.2. The number of aryl methyl sites for hydroxylation is 1. The molecular formula is C16H13NO2S. The smallest absolute Gasteiger partial charge is 0.199 e. The van der Waals surface area contributed by atoms with Gasteiger partial charge in [0, 0.05) is 5.41 Å². The van der Waals surface area contributed by atoms with Gasteiger partial charge in [0.1, 0.15) is 0 Å². The lowest BCUT2D eigenvalue weighted by atomic mass is 10.1. The van der Waals surface area contributed by atoms with Gasteiger partial charge in [0.25, 0.3) is 0 Å². The Bertz CT molecular complexity index is 782. The molecule has 0 unspecified atom stereocenters. The van der Waals surface area contributed by atoms with Crippen LogP contribution in [-0.4, -0.2) is 8.42 Å². The van der Waals surface area contributed by atoms with E-state index in [-0.39, 0.29) is 4.90 Å². The van der Waals surface area contributed by atoms with Gasteiger partial charge in [-0.15, -0.1) is 0 Å². The third-order valence-electron chi connectivity index (χ3n) is 2.80. The number of hydrogen-bond donors (Lipinski definition) is 0. The van der Waals surface area contributed by atoms with Gasteiger partial charge in [-0.2, -0.15) is 5.26 Å². The number of benzene rings is 2. The van der Waals surface area contributed by atoms with E-state index >= 15 is 0 Å². The lowest BCUT2D eigenvalue weighted by Gasteiger charge is -2.00. The third kappa shape index (κ3) is 3.34. The second-order valence-corrected chi connectivity index (χ2v) is 6.23. The number of sulfone groups is 1. The first-order valence-electron chi connectivity index (χ1n) is 6.01. The molecule has 4 heteroatoms.